The Morgan fingerprint density at radius 3 is 2.67 bits per heavy atom. The molecule has 1 saturated carbocycles. The van der Waals surface area contributed by atoms with Crippen LogP contribution in [0.3, 0.4) is 0 Å². The molecular weight excluding hydrogens is 256 g/mol. The number of hydrogen-bond acceptors (Lipinski definition) is 3. The van der Waals surface area contributed by atoms with E-state index in [0.717, 1.165) is 17.2 Å². The molecule has 0 bridgehead atoms. The Morgan fingerprint density at radius 2 is 2.07 bits per heavy atom. The topological polar surface area (TPSA) is 56.7 Å². The first-order valence-electron chi connectivity index (χ1n) is 5.61. The number of hydrogen-bond donors (Lipinski definition) is 1. The highest BCUT2D eigenvalue weighted by molar-refractivity contribution is 9.10. The average molecular weight is 273 g/mol. The van der Waals surface area contributed by atoms with Crippen LogP contribution in [-0.4, -0.2) is 14.8 Å². The summed E-state index contributed by atoms with van der Waals surface area (Å²) in [7, 11) is 0. The maximum absolute atomic E-state index is 5.52. The monoisotopic (exact) mass is 272 g/mol. The molecule has 2 N–H and O–H groups in total. The molecule has 0 spiro atoms. The first kappa shape index (κ1) is 10.9. The van der Waals surface area contributed by atoms with Crippen LogP contribution in [0.25, 0.3) is 0 Å². The Hall–Kier alpha value is -0.580. The van der Waals surface area contributed by atoms with Gasteiger partial charge in [0.25, 0.3) is 0 Å². The molecule has 1 heterocycles. The van der Waals surface area contributed by atoms with Gasteiger partial charge in [0.15, 0.2) is 4.73 Å². The molecule has 1 aromatic heterocycles. The number of aryl methyl sites for hydroxylation is 1. The zero-order valence-corrected chi connectivity index (χ0v) is 10.4. The summed E-state index contributed by atoms with van der Waals surface area (Å²) < 4.78 is 2.60. The molecule has 0 aromatic carbocycles. The number of anilines is 1. The maximum Gasteiger partial charge on any atom is 0.240 e. The van der Waals surface area contributed by atoms with Crippen LogP contribution in [-0.2, 0) is 6.54 Å². The van der Waals surface area contributed by atoms with E-state index in [1.165, 1.54) is 38.5 Å². The minimum Gasteiger partial charge on any atom is -0.366 e. The van der Waals surface area contributed by atoms with E-state index in [0.29, 0.717) is 5.95 Å². The van der Waals surface area contributed by atoms with Crippen LogP contribution in [0.4, 0.5) is 5.95 Å². The van der Waals surface area contributed by atoms with Gasteiger partial charge in [0.2, 0.25) is 5.95 Å². The van der Waals surface area contributed by atoms with Gasteiger partial charge in [-0.05, 0) is 28.3 Å². The summed E-state index contributed by atoms with van der Waals surface area (Å²) in [6.45, 7) is 0.926. The molecule has 1 aliphatic rings. The van der Waals surface area contributed by atoms with Crippen LogP contribution in [0.15, 0.2) is 4.73 Å². The van der Waals surface area contributed by atoms with Crippen LogP contribution in [0.1, 0.15) is 38.5 Å². The van der Waals surface area contributed by atoms with E-state index < -0.39 is 0 Å². The minimum atomic E-state index is 0.352. The van der Waals surface area contributed by atoms with Crippen LogP contribution in [0.5, 0.6) is 0 Å². The molecule has 0 atom stereocenters. The van der Waals surface area contributed by atoms with Gasteiger partial charge in [0.1, 0.15) is 0 Å². The molecule has 0 unspecified atom stereocenters. The zero-order valence-electron chi connectivity index (χ0n) is 8.82. The fourth-order valence-electron chi connectivity index (χ4n) is 2.26. The summed E-state index contributed by atoms with van der Waals surface area (Å²) >= 11 is 3.35. The molecule has 15 heavy (non-hydrogen) atoms. The Kier molecular flexibility index (Phi) is 3.61. The lowest BCUT2D eigenvalue weighted by Gasteiger charge is -2.21. The van der Waals surface area contributed by atoms with Crippen molar-refractivity contribution in [3.8, 4) is 0 Å². The van der Waals surface area contributed by atoms with E-state index in [2.05, 4.69) is 26.0 Å². The van der Waals surface area contributed by atoms with Crippen molar-refractivity contribution in [3.63, 3.8) is 0 Å². The normalized spacial score (nSPS) is 18.2. The molecular formula is C10H17BrN4. The van der Waals surface area contributed by atoms with E-state index in [-0.39, 0.29) is 0 Å². The summed E-state index contributed by atoms with van der Waals surface area (Å²) in [5.41, 5.74) is 5.52. The van der Waals surface area contributed by atoms with Gasteiger partial charge in [0.05, 0.1) is 0 Å². The highest BCUT2D eigenvalue weighted by Crippen LogP contribution is 2.26. The van der Waals surface area contributed by atoms with Crippen molar-refractivity contribution in [1.29, 1.82) is 0 Å². The maximum atomic E-state index is 5.52. The van der Waals surface area contributed by atoms with Crippen molar-refractivity contribution in [1.82, 2.24) is 14.8 Å². The molecule has 4 nitrogen and oxygen atoms in total. The lowest BCUT2D eigenvalue weighted by molar-refractivity contribution is 0.317. The third-order valence-electron chi connectivity index (χ3n) is 3.12. The van der Waals surface area contributed by atoms with Crippen molar-refractivity contribution < 1.29 is 0 Å². The predicted molar refractivity (Wildman–Crippen MR) is 63.3 cm³/mol. The molecule has 84 valence electrons. The second-order valence-corrected chi connectivity index (χ2v) is 4.96. The first-order valence-corrected chi connectivity index (χ1v) is 6.41. The summed E-state index contributed by atoms with van der Waals surface area (Å²) in [6.07, 6.45) is 8.15. The molecule has 0 amide bonds. The number of nitrogen functional groups attached to an aromatic ring is 1. The second-order valence-electron chi connectivity index (χ2n) is 4.25. The van der Waals surface area contributed by atoms with Crippen molar-refractivity contribution in [2.45, 2.75) is 45.1 Å². The van der Waals surface area contributed by atoms with Crippen LogP contribution in [0, 0.1) is 5.92 Å². The van der Waals surface area contributed by atoms with Crippen LogP contribution >= 0.6 is 15.9 Å². The highest BCUT2D eigenvalue weighted by atomic mass is 79.9. The zero-order chi connectivity index (χ0) is 10.7. The Balaban J connectivity index is 1.84. The SMILES string of the molecule is Nc1nc(Br)n(CCC2CCCCC2)n1. The van der Waals surface area contributed by atoms with E-state index in [1.807, 2.05) is 4.68 Å². The van der Waals surface area contributed by atoms with Gasteiger partial charge in [0, 0.05) is 6.54 Å². The molecule has 1 fully saturated rings. The van der Waals surface area contributed by atoms with Crippen molar-refractivity contribution >= 4 is 21.9 Å². The van der Waals surface area contributed by atoms with E-state index in [9.17, 15) is 0 Å². The lowest BCUT2D eigenvalue weighted by atomic mass is 9.87. The minimum absolute atomic E-state index is 0.352. The summed E-state index contributed by atoms with van der Waals surface area (Å²) in [4.78, 5) is 4.02. The Bertz CT molecular complexity index is 317. The van der Waals surface area contributed by atoms with E-state index >= 15 is 0 Å². The number of nitrogens with zero attached hydrogens (tertiary/aromatic N) is 3. The molecule has 0 aliphatic heterocycles. The lowest BCUT2D eigenvalue weighted by Crippen LogP contribution is -2.11. The Labute approximate surface area is 98.4 Å². The smallest absolute Gasteiger partial charge is 0.240 e. The highest BCUT2D eigenvalue weighted by Gasteiger charge is 2.14. The van der Waals surface area contributed by atoms with Crippen LogP contribution in [0.2, 0.25) is 0 Å². The fourth-order valence-corrected chi connectivity index (χ4v) is 2.70. The summed E-state index contributed by atoms with van der Waals surface area (Å²) in [5.74, 6) is 1.22. The molecule has 2 rings (SSSR count). The number of halogens is 1. The van der Waals surface area contributed by atoms with Gasteiger partial charge >= 0.3 is 0 Å². The molecule has 0 saturated heterocycles. The molecule has 5 heteroatoms. The number of nitrogens with two attached hydrogens (primary N) is 1. The average Bonchev–Trinajstić information content (AvgIpc) is 2.56. The Morgan fingerprint density at radius 1 is 1.33 bits per heavy atom. The van der Waals surface area contributed by atoms with Crippen molar-refractivity contribution in [3.05, 3.63) is 4.73 Å². The number of aromatic nitrogens is 3. The van der Waals surface area contributed by atoms with E-state index in [1.54, 1.807) is 0 Å². The van der Waals surface area contributed by atoms with Crippen molar-refractivity contribution in [2.24, 2.45) is 5.92 Å². The first-order chi connectivity index (χ1) is 7.25. The van der Waals surface area contributed by atoms with E-state index in [4.69, 9.17) is 5.73 Å². The molecule has 1 aromatic rings. The number of rotatable bonds is 3. The molecule has 0 radical (unpaired) electrons. The van der Waals surface area contributed by atoms with Gasteiger partial charge in [-0.2, -0.15) is 4.98 Å². The largest absolute Gasteiger partial charge is 0.366 e. The quantitative estimate of drug-likeness (QED) is 0.920. The van der Waals surface area contributed by atoms with Crippen molar-refractivity contribution in [2.75, 3.05) is 5.73 Å². The third kappa shape index (κ3) is 2.93. The van der Waals surface area contributed by atoms with Gasteiger partial charge in [-0.3, -0.25) is 0 Å². The second kappa shape index (κ2) is 4.96. The molecule has 1 aliphatic carbocycles. The summed E-state index contributed by atoms with van der Waals surface area (Å²) in [6, 6.07) is 0. The van der Waals surface area contributed by atoms with Gasteiger partial charge in [-0.1, -0.05) is 32.1 Å². The standard InChI is InChI=1S/C10H17BrN4/c11-9-13-10(12)14-15(9)7-6-8-4-2-1-3-5-8/h8H,1-7H2,(H2,12,14). The van der Waals surface area contributed by atoms with Gasteiger partial charge in [-0.15, -0.1) is 5.10 Å². The fraction of sp³-hybridized carbons (Fsp3) is 0.800. The predicted octanol–water partition coefficient (Wildman–Crippen LogP) is 2.59. The third-order valence-corrected chi connectivity index (χ3v) is 3.70. The van der Waals surface area contributed by atoms with Crippen LogP contribution < -0.4 is 5.73 Å². The van der Waals surface area contributed by atoms with Gasteiger partial charge < -0.3 is 5.73 Å². The van der Waals surface area contributed by atoms with Gasteiger partial charge in [-0.25, -0.2) is 4.68 Å². The summed E-state index contributed by atoms with van der Waals surface area (Å²) in [5, 5.41) is 4.13.